The van der Waals surface area contributed by atoms with E-state index in [0.717, 1.165) is 5.56 Å². The van der Waals surface area contributed by atoms with Crippen molar-refractivity contribution in [2.24, 2.45) is 0 Å². The van der Waals surface area contributed by atoms with Crippen molar-refractivity contribution in [2.75, 3.05) is 0 Å². The Morgan fingerprint density at radius 1 is 1.31 bits per heavy atom. The van der Waals surface area contributed by atoms with Gasteiger partial charge in [0.2, 0.25) is 0 Å². The molecule has 0 aromatic heterocycles. The highest BCUT2D eigenvalue weighted by Crippen LogP contribution is 2.23. The first-order valence-electron chi connectivity index (χ1n) is 4.20. The van der Waals surface area contributed by atoms with Crippen LogP contribution in [0.2, 0.25) is 0 Å². The van der Waals surface area contributed by atoms with Gasteiger partial charge in [0.1, 0.15) is 6.10 Å². The predicted octanol–water partition coefficient (Wildman–Crippen LogP) is 2.55. The zero-order valence-corrected chi connectivity index (χ0v) is 7.37. The van der Waals surface area contributed by atoms with Crippen molar-refractivity contribution in [1.29, 1.82) is 0 Å². The van der Waals surface area contributed by atoms with Crippen LogP contribution in [0.25, 0.3) is 0 Å². The maximum Gasteiger partial charge on any atom is 0.268 e. The van der Waals surface area contributed by atoms with Crippen LogP contribution in [0, 0.1) is 0 Å². The fourth-order valence-corrected chi connectivity index (χ4v) is 1.28. The summed E-state index contributed by atoms with van der Waals surface area (Å²) in [5.74, 6) is 0. The number of hydrogen-bond donors (Lipinski definition) is 1. The first-order chi connectivity index (χ1) is 6.16. The minimum absolute atomic E-state index is 0.333. The van der Waals surface area contributed by atoms with Crippen molar-refractivity contribution in [2.45, 2.75) is 25.9 Å². The molecule has 0 radical (unpaired) electrons. The topological polar surface area (TPSA) is 20.2 Å². The molecule has 1 nitrogen and oxygen atoms in total. The molecule has 0 bridgehead atoms. The van der Waals surface area contributed by atoms with Gasteiger partial charge in [0.25, 0.3) is 6.43 Å². The van der Waals surface area contributed by atoms with Crippen molar-refractivity contribution in [3.8, 4) is 0 Å². The van der Waals surface area contributed by atoms with Gasteiger partial charge in [-0.3, -0.25) is 0 Å². The Labute approximate surface area is 76.0 Å². The number of aliphatic hydroxyl groups excluding tert-OH is 1. The number of rotatable bonds is 3. The molecule has 0 spiro atoms. The third kappa shape index (κ3) is 2.25. The molecule has 0 saturated carbocycles. The van der Waals surface area contributed by atoms with Gasteiger partial charge in [0.15, 0.2) is 0 Å². The summed E-state index contributed by atoms with van der Waals surface area (Å²) in [5, 5.41) is 9.16. The van der Waals surface area contributed by atoms with Crippen LogP contribution in [0.5, 0.6) is 0 Å². The van der Waals surface area contributed by atoms with Gasteiger partial charge in [0, 0.05) is 0 Å². The van der Waals surface area contributed by atoms with Crippen molar-refractivity contribution in [1.82, 2.24) is 0 Å². The largest absolute Gasteiger partial charge is 0.382 e. The predicted molar refractivity (Wildman–Crippen MR) is 46.8 cm³/mol. The van der Waals surface area contributed by atoms with Crippen LogP contribution in [0.15, 0.2) is 24.3 Å². The summed E-state index contributed by atoms with van der Waals surface area (Å²) < 4.78 is 24.4. The van der Waals surface area contributed by atoms with Crippen LogP contribution >= 0.6 is 0 Å². The monoisotopic (exact) mass is 186 g/mol. The van der Waals surface area contributed by atoms with Crippen LogP contribution in [0.4, 0.5) is 8.78 Å². The second kappa shape index (κ2) is 4.33. The minimum atomic E-state index is -2.72. The van der Waals surface area contributed by atoms with E-state index in [1.807, 2.05) is 6.92 Å². The Hall–Kier alpha value is -0.960. The van der Waals surface area contributed by atoms with Crippen LogP contribution in [-0.2, 0) is 6.42 Å². The summed E-state index contributed by atoms with van der Waals surface area (Å²) in [7, 11) is 0. The third-order valence-electron chi connectivity index (χ3n) is 1.99. The van der Waals surface area contributed by atoms with Crippen LogP contribution in [-0.4, -0.2) is 11.5 Å². The van der Waals surface area contributed by atoms with Crippen molar-refractivity contribution < 1.29 is 13.9 Å². The molecule has 0 amide bonds. The number of halogens is 2. The molecule has 13 heavy (non-hydrogen) atoms. The van der Waals surface area contributed by atoms with Gasteiger partial charge in [-0.15, -0.1) is 0 Å². The standard InChI is InChI=1S/C10H12F2O/c1-2-7-5-3-4-6-8(7)9(13)10(11)12/h3-6,9-10,13H,2H2,1H3. The molecule has 1 aromatic carbocycles. The van der Waals surface area contributed by atoms with Crippen molar-refractivity contribution >= 4 is 0 Å². The summed E-state index contributed by atoms with van der Waals surface area (Å²) >= 11 is 0. The lowest BCUT2D eigenvalue weighted by Gasteiger charge is -2.13. The van der Waals surface area contributed by atoms with Gasteiger partial charge < -0.3 is 5.11 Å². The first-order valence-corrected chi connectivity index (χ1v) is 4.20. The van der Waals surface area contributed by atoms with Gasteiger partial charge in [-0.2, -0.15) is 0 Å². The summed E-state index contributed by atoms with van der Waals surface area (Å²) in [6.07, 6.45) is -3.72. The molecule has 0 aliphatic rings. The Kier molecular flexibility index (Phi) is 3.37. The van der Waals surface area contributed by atoms with Gasteiger partial charge in [-0.25, -0.2) is 8.78 Å². The van der Waals surface area contributed by atoms with Crippen LogP contribution < -0.4 is 0 Å². The first kappa shape index (κ1) is 10.1. The summed E-state index contributed by atoms with van der Waals surface area (Å²) in [4.78, 5) is 0. The zero-order chi connectivity index (χ0) is 9.84. The quantitative estimate of drug-likeness (QED) is 0.769. The Morgan fingerprint density at radius 3 is 2.46 bits per heavy atom. The van der Waals surface area contributed by atoms with E-state index >= 15 is 0 Å². The third-order valence-corrected chi connectivity index (χ3v) is 1.99. The van der Waals surface area contributed by atoms with E-state index in [1.54, 1.807) is 18.2 Å². The average Bonchev–Trinajstić information content (AvgIpc) is 2.16. The minimum Gasteiger partial charge on any atom is -0.382 e. The zero-order valence-electron chi connectivity index (χ0n) is 7.37. The van der Waals surface area contributed by atoms with E-state index < -0.39 is 12.5 Å². The fourth-order valence-electron chi connectivity index (χ4n) is 1.28. The molecule has 1 aromatic rings. The number of hydrogen-bond acceptors (Lipinski definition) is 1. The summed E-state index contributed by atoms with van der Waals surface area (Å²) in [6.45, 7) is 1.87. The summed E-state index contributed by atoms with van der Waals surface area (Å²) in [5.41, 5.74) is 1.11. The highest BCUT2D eigenvalue weighted by Gasteiger charge is 2.20. The lowest BCUT2D eigenvalue weighted by Crippen LogP contribution is -2.10. The molecule has 1 N–H and O–H groups in total. The van der Waals surface area contributed by atoms with Gasteiger partial charge in [-0.1, -0.05) is 31.2 Å². The number of alkyl halides is 2. The van der Waals surface area contributed by atoms with Gasteiger partial charge >= 0.3 is 0 Å². The Balaban J connectivity index is 2.98. The molecular weight excluding hydrogens is 174 g/mol. The maximum absolute atomic E-state index is 12.2. The highest BCUT2D eigenvalue weighted by molar-refractivity contribution is 5.29. The van der Waals surface area contributed by atoms with Crippen LogP contribution in [0.1, 0.15) is 24.2 Å². The van der Waals surface area contributed by atoms with Gasteiger partial charge in [0.05, 0.1) is 0 Å². The molecule has 0 saturated heterocycles. The molecule has 0 heterocycles. The van der Waals surface area contributed by atoms with E-state index in [2.05, 4.69) is 0 Å². The number of aryl methyl sites for hydroxylation is 1. The van der Waals surface area contributed by atoms with Gasteiger partial charge in [-0.05, 0) is 17.5 Å². The second-order valence-electron chi connectivity index (χ2n) is 2.83. The lowest BCUT2D eigenvalue weighted by atomic mass is 10.0. The molecule has 0 aliphatic heterocycles. The summed E-state index contributed by atoms with van der Waals surface area (Å²) in [6, 6.07) is 6.72. The average molecular weight is 186 g/mol. The SMILES string of the molecule is CCc1ccccc1C(O)C(F)F. The van der Waals surface area contributed by atoms with E-state index in [9.17, 15) is 8.78 Å². The molecule has 1 rings (SSSR count). The second-order valence-corrected chi connectivity index (χ2v) is 2.83. The number of aliphatic hydroxyl groups is 1. The molecule has 3 heteroatoms. The molecule has 1 unspecified atom stereocenters. The normalized spacial score (nSPS) is 13.3. The van der Waals surface area contributed by atoms with E-state index in [-0.39, 0.29) is 0 Å². The van der Waals surface area contributed by atoms with Crippen molar-refractivity contribution in [3.63, 3.8) is 0 Å². The maximum atomic E-state index is 12.2. The fraction of sp³-hybridized carbons (Fsp3) is 0.400. The Morgan fingerprint density at radius 2 is 1.92 bits per heavy atom. The smallest absolute Gasteiger partial charge is 0.268 e. The molecule has 0 aliphatic carbocycles. The van der Waals surface area contributed by atoms with Crippen LogP contribution in [0.3, 0.4) is 0 Å². The molecule has 72 valence electrons. The lowest BCUT2D eigenvalue weighted by molar-refractivity contribution is -0.00623. The Bertz CT molecular complexity index is 273. The van der Waals surface area contributed by atoms with E-state index in [1.165, 1.54) is 6.07 Å². The highest BCUT2D eigenvalue weighted by atomic mass is 19.3. The molecular formula is C10H12F2O. The molecule has 0 fully saturated rings. The number of benzene rings is 1. The van der Waals surface area contributed by atoms with E-state index in [4.69, 9.17) is 5.11 Å². The van der Waals surface area contributed by atoms with Crippen molar-refractivity contribution in [3.05, 3.63) is 35.4 Å². The molecule has 1 atom stereocenters. The van der Waals surface area contributed by atoms with E-state index in [0.29, 0.717) is 12.0 Å².